The average Bonchev–Trinajstić information content (AvgIpc) is 2.35. The molecule has 0 radical (unpaired) electrons. The Bertz CT molecular complexity index is 431. The van der Waals surface area contributed by atoms with Gasteiger partial charge in [0.25, 0.3) is 0 Å². The van der Waals surface area contributed by atoms with Crippen LogP contribution in [0.25, 0.3) is 0 Å². The summed E-state index contributed by atoms with van der Waals surface area (Å²) in [5.74, 6) is 0.161. The van der Waals surface area contributed by atoms with Gasteiger partial charge in [0.05, 0.1) is 25.0 Å². The fourth-order valence-corrected chi connectivity index (χ4v) is 1.38. The molecule has 0 saturated carbocycles. The van der Waals surface area contributed by atoms with Crippen LogP contribution in [0.5, 0.6) is 11.5 Å². The van der Waals surface area contributed by atoms with Crippen LogP contribution in [0.4, 0.5) is 5.69 Å². The molecule has 1 atom stereocenters. The van der Waals surface area contributed by atoms with E-state index in [2.05, 4.69) is 13.8 Å². The fraction of sp³-hybridized carbons (Fsp3) is 0.462. The molecule has 1 unspecified atom stereocenters. The lowest BCUT2D eigenvalue weighted by molar-refractivity contribution is 0.0697. The normalized spacial score (nSPS) is 11.9. The third-order valence-corrected chi connectivity index (χ3v) is 2.79. The number of nitrogens with two attached hydrogens (primary N) is 1. The molecule has 5 nitrogen and oxygen atoms in total. The molecule has 0 fully saturated rings. The maximum absolute atomic E-state index is 11.0. The highest BCUT2D eigenvalue weighted by Crippen LogP contribution is 2.32. The average molecular weight is 253 g/mol. The molecule has 100 valence electrons. The smallest absolute Gasteiger partial charge is 0.337 e. The minimum atomic E-state index is -1.08. The summed E-state index contributed by atoms with van der Waals surface area (Å²) in [7, 11) is 1.49. The lowest BCUT2D eigenvalue weighted by Gasteiger charge is -2.15. The number of benzene rings is 1. The molecule has 3 N–H and O–H groups in total. The Balaban J connectivity index is 3.00. The minimum Gasteiger partial charge on any atom is -0.493 e. The van der Waals surface area contributed by atoms with E-state index in [0.29, 0.717) is 24.0 Å². The molecule has 0 bridgehead atoms. The van der Waals surface area contributed by atoms with E-state index in [0.717, 1.165) is 6.42 Å². The number of nitrogen functional groups attached to an aromatic ring is 1. The first-order chi connectivity index (χ1) is 8.49. The maximum atomic E-state index is 11.0. The van der Waals surface area contributed by atoms with Gasteiger partial charge in [-0.05, 0) is 5.92 Å². The summed E-state index contributed by atoms with van der Waals surface area (Å²) >= 11 is 0. The van der Waals surface area contributed by atoms with Crippen molar-refractivity contribution in [2.24, 2.45) is 5.92 Å². The highest BCUT2D eigenvalue weighted by atomic mass is 16.5. The van der Waals surface area contributed by atoms with Gasteiger partial charge in [-0.1, -0.05) is 20.3 Å². The second kappa shape index (κ2) is 6.14. The van der Waals surface area contributed by atoms with Crippen LogP contribution < -0.4 is 15.2 Å². The predicted octanol–water partition coefficient (Wildman–Crippen LogP) is 2.40. The second-order valence-corrected chi connectivity index (χ2v) is 4.22. The number of carboxylic acids is 1. The molecule has 0 amide bonds. The first-order valence-corrected chi connectivity index (χ1v) is 5.83. The van der Waals surface area contributed by atoms with E-state index < -0.39 is 5.97 Å². The van der Waals surface area contributed by atoms with Crippen molar-refractivity contribution in [2.75, 3.05) is 19.5 Å². The second-order valence-electron chi connectivity index (χ2n) is 4.22. The monoisotopic (exact) mass is 253 g/mol. The van der Waals surface area contributed by atoms with Crippen LogP contribution in [-0.4, -0.2) is 24.8 Å². The van der Waals surface area contributed by atoms with Gasteiger partial charge in [0, 0.05) is 12.1 Å². The number of ether oxygens (including phenoxy) is 2. The van der Waals surface area contributed by atoms with Gasteiger partial charge in [0.15, 0.2) is 11.5 Å². The van der Waals surface area contributed by atoms with Crippen LogP contribution >= 0.6 is 0 Å². The molecule has 1 aromatic carbocycles. The Morgan fingerprint density at radius 2 is 2.11 bits per heavy atom. The summed E-state index contributed by atoms with van der Waals surface area (Å²) in [4.78, 5) is 11.0. The Kier molecular flexibility index (Phi) is 4.83. The zero-order valence-corrected chi connectivity index (χ0v) is 10.9. The van der Waals surface area contributed by atoms with Crippen LogP contribution in [0.2, 0.25) is 0 Å². The van der Waals surface area contributed by atoms with Crippen molar-refractivity contribution >= 4 is 11.7 Å². The summed E-state index contributed by atoms with van der Waals surface area (Å²) < 4.78 is 10.7. The highest BCUT2D eigenvalue weighted by molar-refractivity contribution is 5.94. The summed E-state index contributed by atoms with van der Waals surface area (Å²) in [6.45, 7) is 4.63. The standard InChI is InChI=1S/C13H19NO4/c1-4-8(2)7-18-12-5-9(13(15)16)10(14)6-11(12)17-3/h5-6,8H,4,7,14H2,1-3H3,(H,15,16). The third kappa shape index (κ3) is 3.29. The van der Waals surface area contributed by atoms with Crippen molar-refractivity contribution < 1.29 is 19.4 Å². The summed E-state index contributed by atoms with van der Waals surface area (Å²) in [5, 5.41) is 9.00. The van der Waals surface area contributed by atoms with E-state index in [1.54, 1.807) is 0 Å². The van der Waals surface area contributed by atoms with Crippen molar-refractivity contribution in [3.63, 3.8) is 0 Å². The topological polar surface area (TPSA) is 81.8 Å². The molecule has 0 spiro atoms. The van der Waals surface area contributed by atoms with Gasteiger partial charge >= 0.3 is 5.97 Å². The zero-order chi connectivity index (χ0) is 13.7. The number of hydrogen-bond donors (Lipinski definition) is 2. The van der Waals surface area contributed by atoms with E-state index in [9.17, 15) is 4.79 Å². The molecule has 1 rings (SSSR count). The van der Waals surface area contributed by atoms with Gasteiger partial charge < -0.3 is 20.3 Å². The predicted molar refractivity (Wildman–Crippen MR) is 69.3 cm³/mol. The quantitative estimate of drug-likeness (QED) is 0.761. The first kappa shape index (κ1) is 14.2. The van der Waals surface area contributed by atoms with Crippen molar-refractivity contribution in [2.45, 2.75) is 20.3 Å². The largest absolute Gasteiger partial charge is 0.493 e. The molecular weight excluding hydrogens is 234 g/mol. The van der Waals surface area contributed by atoms with Gasteiger partial charge in [-0.2, -0.15) is 0 Å². The van der Waals surface area contributed by atoms with Crippen LogP contribution in [0.15, 0.2) is 12.1 Å². The Hall–Kier alpha value is -1.91. The number of carbonyl (C=O) groups is 1. The Morgan fingerprint density at radius 1 is 1.44 bits per heavy atom. The lowest BCUT2D eigenvalue weighted by Crippen LogP contribution is -2.10. The molecule has 0 aliphatic rings. The molecule has 5 heteroatoms. The Labute approximate surface area is 107 Å². The molecule has 0 aliphatic carbocycles. The SMILES string of the molecule is CCC(C)COc1cc(C(=O)O)c(N)cc1OC. The van der Waals surface area contributed by atoms with Gasteiger partial charge in [0.2, 0.25) is 0 Å². The molecule has 0 saturated heterocycles. The molecule has 0 aromatic heterocycles. The first-order valence-electron chi connectivity index (χ1n) is 5.83. The molecule has 0 heterocycles. The van der Waals surface area contributed by atoms with Crippen molar-refractivity contribution in [1.82, 2.24) is 0 Å². The molecular formula is C13H19NO4. The Morgan fingerprint density at radius 3 is 2.61 bits per heavy atom. The van der Waals surface area contributed by atoms with E-state index >= 15 is 0 Å². The van der Waals surface area contributed by atoms with Crippen molar-refractivity contribution in [3.8, 4) is 11.5 Å². The fourth-order valence-electron chi connectivity index (χ4n) is 1.38. The van der Waals surface area contributed by atoms with Crippen LogP contribution in [-0.2, 0) is 0 Å². The lowest BCUT2D eigenvalue weighted by atomic mass is 10.1. The van der Waals surface area contributed by atoms with E-state index in [4.69, 9.17) is 20.3 Å². The number of aromatic carboxylic acids is 1. The van der Waals surface area contributed by atoms with E-state index in [1.165, 1.54) is 19.2 Å². The molecule has 18 heavy (non-hydrogen) atoms. The number of carboxylic acid groups (broad SMARTS) is 1. The number of hydrogen-bond acceptors (Lipinski definition) is 4. The van der Waals surface area contributed by atoms with Gasteiger partial charge in [0.1, 0.15) is 0 Å². The van der Waals surface area contributed by atoms with Gasteiger partial charge in [-0.15, -0.1) is 0 Å². The van der Waals surface area contributed by atoms with Gasteiger partial charge in [-0.3, -0.25) is 0 Å². The highest BCUT2D eigenvalue weighted by Gasteiger charge is 2.15. The maximum Gasteiger partial charge on any atom is 0.337 e. The summed E-state index contributed by atoms with van der Waals surface area (Å²) in [6.07, 6.45) is 0.989. The zero-order valence-electron chi connectivity index (χ0n) is 10.9. The van der Waals surface area contributed by atoms with Crippen molar-refractivity contribution in [1.29, 1.82) is 0 Å². The van der Waals surface area contributed by atoms with E-state index in [-0.39, 0.29) is 11.3 Å². The van der Waals surface area contributed by atoms with E-state index in [1.807, 2.05) is 0 Å². The van der Waals surface area contributed by atoms with Gasteiger partial charge in [-0.25, -0.2) is 4.79 Å². The van der Waals surface area contributed by atoms with Crippen LogP contribution in [0.1, 0.15) is 30.6 Å². The number of anilines is 1. The molecule has 1 aromatic rings. The van der Waals surface area contributed by atoms with Crippen molar-refractivity contribution in [3.05, 3.63) is 17.7 Å². The van der Waals surface area contributed by atoms with Crippen LogP contribution in [0.3, 0.4) is 0 Å². The minimum absolute atomic E-state index is 0.0231. The molecule has 0 aliphatic heterocycles. The third-order valence-electron chi connectivity index (χ3n) is 2.79. The number of methoxy groups -OCH3 is 1. The number of rotatable bonds is 6. The summed E-state index contributed by atoms with van der Waals surface area (Å²) in [5.41, 5.74) is 5.82. The van der Waals surface area contributed by atoms with Crippen LogP contribution in [0, 0.1) is 5.92 Å². The summed E-state index contributed by atoms with van der Waals surface area (Å²) in [6, 6.07) is 2.87.